The predicted octanol–water partition coefficient (Wildman–Crippen LogP) is 3.63. The Bertz CT molecular complexity index is 670. The minimum Gasteiger partial charge on any atom is -0.387 e. The maximum atomic E-state index is 11.0. The fourth-order valence-corrected chi connectivity index (χ4v) is 3.73. The van der Waals surface area contributed by atoms with Crippen LogP contribution < -0.4 is 5.73 Å². The number of benzene rings is 2. The summed E-state index contributed by atoms with van der Waals surface area (Å²) in [4.78, 5) is 0. The highest BCUT2D eigenvalue weighted by Crippen LogP contribution is 2.47. The molecule has 2 atom stereocenters. The zero-order chi connectivity index (χ0) is 15.0. The van der Waals surface area contributed by atoms with Crippen LogP contribution in [0.3, 0.4) is 0 Å². The first-order valence-corrected chi connectivity index (χ1v) is 8.10. The van der Waals surface area contributed by atoms with E-state index in [4.69, 9.17) is 5.73 Å². The Kier molecular flexibility index (Phi) is 3.91. The lowest BCUT2D eigenvalue weighted by atomic mass is 9.74. The minimum absolute atomic E-state index is 0.364. The molecule has 21 heavy (non-hydrogen) atoms. The number of halogens is 1. The average Bonchev–Trinajstić information content (AvgIpc) is 2.89. The average molecular weight is 346 g/mol. The van der Waals surface area contributed by atoms with Gasteiger partial charge >= 0.3 is 0 Å². The van der Waals surface area contributed by atoms with Gasteiger partial charge in [0.05, 0.1) is 6.10 Å². The molecule has 0 bridgehead atoms. The molecule has 3 rings (SSSR count). The van der Waals surface area contributed by atoms with Crippen LogP contribution in [0.25, 0.3) is 0 Å². The summed E-state index contributed by atoms with van der Waals surface area (Å²) in [5.41, 5.74) is 10.4. The van der Waals surface area contributed by atoms with Gasteiger partial charge in [0.25, 0.3) is 0 Å². The number of hydrogen-bond acceptors (Lipinski definition) is 2. The fraction of sp³-hybridized carbons (Fsp3) is 0.333. The molecule has 0 heterocycles. The van der Waals surface area contributed by atoms with Crippen molar-refractivity contribution < 1.29 is 5.11 Å². The molecule has 1 aliphatic rings. The Morgan fingerprint density at radius 2 is 2.05 bits per heavy atom. The second kappa shape index (κ2) is 5.56. The van der Waals surface area contributed by atoms with Gasteiger partial charge in [0.2, 0.25) is 0 Å². The molecule has 2 aromatic carbocycles. The highest BCUT2D eigenvalue weighted by atomic mass is 79.9. The van der Waals surface area contributed by atoms with Crippen LogP contribution in [0.15, 0.2) is 46.9 Å². The molecule has 3 heteroatoms. The summed E-state index contributed by atoms with van der Waals surface area (Å²) < 4.78 is 1.06. The van der Waals surface area contributed by atoms with Crippen LogP contribution in [0, 0.1) is 6.92 Å². The first-order valence-electron chi connectivity index (χ1n) is 7.31. The van der Waals surface area contributed by atoms with Gasteiger partial charge in [-0.05, 0) is 48.1 Å². The smallest absolute Gasteiger partial charge is 0.0899 e. The second-order valence-corrected chi connectivity index (χ2v) is 6.78. The zero-order valence-electron chi connectivity index (χ0n) is 12.1. The SMILES string of the molecule is Cc1cc(C(O)C2(CN)CCc3ccccc32)ccc1Br. The van der Waals surface area contributed by atoms with Gasteiger partial charge in [-0.3, -0.25) is 0 Å². The molecule has 0 fully saturated rings. The minimum atomic E-state index is -0.571. The third kappa shape index (κ3) is 2.33. The molecule has 0 spiro atoms. The molecule has 0 radical (unpaired) electrons. The summed E-state index contributed by atoms with van der Waals surface area (Å²) in [6.45, 7) is 2.50. The van der Waals surface area contributed by atoms with Gasteiger partial charge in [0.1, 0.15) is 0 Å². The molecular weight excluding hydrogens is 326 g/mol. The van der Waals surface area contributed by atoms with Crippen molar-refractivity contribution in [2.75, 3.05) is 6.54 Å². The largest absolute Gasteiger partial charge is 0.387 e. The predicted molar refractivity (Wildman–Crippen MR) is 89.3 cm³/mol. The van der Waals surface area contributed by atoms with E-state index in [9.17, 15) is 5.11 Å². The van der Waals surface area contributed by atoms with E-state index in [1.54, 1.807) is 0 Å². The summed E-state index contributed by atoms with van der Waals surface area (Å²) >= 11 is 3.51. The molecule has 0 aliphatic heterocycles. The zero-order valence-corrected chi connectivity index (χ0v) is 13.7. The molecular formula is C18H20BrNO. The summed E-state index contributed by atoms with van der Waals surface area (Å²) in [6.07, 6.45) is 1.32. The van der Waals surface area contributed by atoms with Gasteiger partial charge in [-0.2, -0.15) is 0 Å². The molecule has 1 aliphatic carbocycles. The monoisotopic (exact) mass is 345 g/mol. The highest BCUT2D eigenvalue weighted by molar-refractivity contribution is 9.10. The summed E-state index contributed by atoms with van der Waals surface area (Å²) in [5.74, 6) is 0. The van der Waals surface area contributed by atoms with Crippen LogP contribution in [-0.2, 0) is 11.8 Å². The molecule has 2 aromatic rings. The van der Waals surface area contributed by atoms with E-state index in [2.05, 4.69) is 34.1 Å². The fourth-order valence-electron chi connectivity index (χ4n) is 3.48. The van der Waals surface area contributed by atoms with Gasteiger partial charge in [-0.15, -0.1) is 0 Å². The van der Waals surface area contributed by atoms with Gasteiger partial charge < -0.3 is 10.8 Å². The van der Waals surface area contributed by atoms with Crippen LogP contribution in [0.2, 0.25) is 0 Å². The van der Waals surface area contributed by atoms with Crippen molar-refractivity contribution in [3.63, 3.8) is 0 Å². The van der Waals surface area contributed by atoms with E-state index in [1.165, 1.54) is 11.1 Å². The number of aryl methyl sites for hydroxylation is 2. The lowest BCUT2D eigenvalue weighted by Gasteiger charge is -2.35. The third-order valence-electron chi connectivity index (χ3n) is 4.78. The number of rotatable bonds is 3. The van der Waals surface area contributed by atoms with Crippen molar-refractivity contribution in [1.29, 1.82) is 0 Å². The molecule has 0 saturated carbocycles. The lowest BCUT2D eigenvalue weighted by molar-refractivity contribution is 0.0840. The van der Waals surface area contributed by atoms with Crippen molar-refractivity contribution in [2.24, 2.45) is 5.73 Å². The third-order valence-corrected chi connectivity index (χ3v) is 5.67. The van der Waals surface area contributed by atoms with E-state index < -0.39 is 6.10 Å². The van der Waals surface area contributed by atoms with Crippen molar-refractivity contribution in [3.05, 3.63) is 69.2 Å². The Labute approximate surface area is 134 Å². The number of hydrogen-bond donors (Lipinski definition) is 2. The number of aliphatic hydroxyl groups excluding tert-OH is 1. The summed E-state index contributed by atoms with van der Waals surface area (Å²) in [7, 11) is 0. The van der Waals surface area contributed by atoms with Gasteiger partial charge in [-0.25, -0.2) is 0 Å². The first-order chi connectivity index (χ1) is 10.1. The summed E-state index contributed by atoms with van der Waals surface area (Å²) in [6, 6.07) is 14.4. The molecule has 3 N–H and O–H groups in total. The van der Waals surface area contributed by atoms with E-state index in [-0.39, 0.29) is 5.41 Å². The van der Waals surface area contributed by atoms with Crippen molar-refractivity contribution in [2.45, 2.75) is 31.3 Å². The van der Waals surface area contributed by atoms with Crippen molar-refractivity contribution >= 4 is 15.9 Å². The van der Waals surface area contributed by atoms with Crippen molar-refractivity contribution in [3.8, 4) is 0 Å². The van der Waals surface area contributed by atoms with E-state index in [0.717, 1.165) is 28.4 Å². The Hall–Kier alpha value is -1.16. The quantitative estimate of drug-likeness (QED) is 0.892. The maximum absolute atomic E-state index is 11.0. The van der Waals surface area contributed by atoms with Crippen LogP contribution in [0.1, 0.15) is 34.8 Å². The van der Waals surface area contributed by atoms with Gasteiger partial charge in [-0.1, -0.05) is 52.3 Å². The highest BCUT2D eigenvalue weighted by Gasteiger charge is 2.44. The van der Waals surface area contributed by atoms with Crippen LogP contribution in [0.4, 0.5) is 0 Å². The number of fused-ring (bicyclic) bond motifs is 1. The number of nitrogens with two attached hydrogens (primary N) is 1. The van der Waals surface area contributed by atoms with Gasteiger partial charge in [0, 0.05) is 16.4 Å². The summed E-state index contributed by atoms with van der Waals surface area (Å²) in [5, 5.41) is 11.0. The van der Waals surface area contributed by atoms with Crippen LogP contribution in [-0.4, -0.2) is 11.7 Å². The van der Waals surface area contributed by atoms with Gasteiger partial charge in [0.15, 0.2) is 0 Å². The van der Waals surface area contributed by atoms with Crippen LogP contribution >= 0.6 is 15.9 Å². The Balaban J connectivity index is 2.06. The second-order valence-electron chi connectivity index (χ2n) is 5.93. The Morgan fingerprint density at radius 1 is 1.29 bits per heavy atom. The van der Waals surface area contributed by atoms with E-state index in [0.29, 0.717) is 6.54 Å². The first kappa shape index (κ1) is 14.8. The van der Waals surface area contributed by atoms with Crippen LogP contribution in [0.5, 0.6) is 0 Å². The molecule has 110 valence electrons. The number of aliphatic hydroxyl groups is 1. The van der Waals surface area contributed by atoms with E-state index in [1.807, 2.05) is 31.2 Å². The standard InChI is InChI=1S/C18H20BrNO/c1-12-10-14(6-7-16(12)19)17(21)18(11-20)9-8-13-4-2-3-5-15(13)18/h2-7,10,17,21H,8-9,11,20H2,1H3. The normalized spacial score (nSPS) is 22.1. The molecule has 2 unspecified atom stereocenters. The molecule has 0 aromatic heterocycles. The molecule has 2 nitrogen and oxygen atoms in total. The maximum Gasteiger partial charge on any atom is 0.0899 e. The molecule has 0 saturated heterocycles. The Morgan fingerprint density at radius 3 is 2.76 bits per heavy atom. The molecule has 0 amide bonds. The van der Waals surface area contributed by atoms with Crippen molar-refractivity contribution in [1.82, 2.24) is 0 Å². The lowest BCUT2D eigenvalue weighted by Crippen LogP contribution is -2.39. The van der Waals surface area contributed by atoms with E-state index >= 15 is 0 Å². The topological polar surface area (TPSA) is 46.2 Å².